The molecule has 1 fully saturated rings. The maximum atomic E-state index is 13.5. The third-order valence-electron chi connectivity index (χ3n) is 5.27. The summed E-state index contributed by atoms with van der Waals surface area (Å²) in [4.78, 5) is 15.5. The van der Waals surface area contributed by atoms with Crippen LogP contribution in [0.25, 0.3) is 0 Å². The van der Waals surface area contributed by atoms with Crippen LogP contribution < -0.4 is 5.32 Å². The summed E-state index contributed by atoms with van der Waals surface area (Å²) >= 11 is 6.30. The van der Waals surface area contributed by atoms with Gasteiger partial charge in [0.25, 0.3) is 5.91 Å². The van der Waals surface area contributed by atoms with Crippen LogP contribution in [0.2, 0.25) is 5.02 Å². The van der Waals surface area contributed by atoms with Gasteiger partial charge in [0.15, 0.2) is 0 Å². The molecule has 1 amide bonds. The van der Waals surface area contributed by atoms with E-state index in [0.717, 1.165) is 42.9 Å². The molecule has 2 aromatic rings. The van der Waals surface area contributed by atoms with E-state index in [-0.39, 0.29) is 18.3 Å². The zero-order chi connectivity index (χ0) is 16.6. The Morgan fingerprint density at radius 3 is 2.76 bits per heavy atom. The van der Waals surface area contributed by atoms with Gasteiger partial charge in [0.05, 0.1) is 0 Å². The fourth-order valence-electron chi connectivity index (χ4n) is 3.93. The lowest BCUT2D eigenvalue weighted by molar-refractivity contribution is -0.144. The van der Waals surface area contributed by atoms with Crippen molar-refractivity contribution in [2.24, 2.45) is 0 Å². The van der Waals surface area contributed by atoms with Gasteiger partial charge in [0.2, 0.25) is 0 Å². The van der Waals surface area contributed by atoms with Gasteiger partial charge in [0.1, 0.15) is 5.54 Å². The normalized spacial score (nSPS) is 19.0. The molecule has 25 heavy (non-hydrogen) atoms. The van der Waals surface area contributed by atoms with Gasteiger partial charge in [-0.1, -0.05) is 23.7 Å². The van der Waals surface area contributed by atoms with Crippen LogP contribution in [0.4, 0.5) is 0 Å². The first-order valence-corrected chi connectivity index (χ1v) is 8.85. The number of hydrogen-bond donors (Lipinski definition) is 1. The Labute approximate surface area is 158 Å². The summed E-state index contributed by atoms with van der Waals surface area (Å²) in [5.74, 6) is 0.179. The molecule has 5 nitrogen and oxygen atoms in total. The van der Waals surface area contributed by atoms with Gasteiger partial charge in [-0.2, -0.15) is 5.10 Å². The number of amides is 1. The Morgan fingerprint density at radius 2 is 2.04 bits per heavy atom. The first kappa shape index (κ1) is 18.2. The number of piperidine rings is 1. The molecule has 1 aromatic heterocycles. The number of carbonyl (C=O) groups excluding carboxylic acids is 1. The lowest BCUT2D eigenvalue weighted by atomic mass is 9.85. The smallest absolute Gasteiger partial charge is 0.250 e. The van der Waals surface area contributed by atoms with Crippen molar-refractivity contribution in [3.05, 3.63) is 52.8 Å². The standard InChI is InChI=1S/C18H21ClN4O.ClH/c19-16-4-1-3-14-13-22(12-5-15(14)16)17(24)18(6-9-20-10-7-18)23-11-2-8-21-23;/h1-4,8,11,20H,5-7,9-10,12-13H2;1H. The van der Waals surface area contributed by atoms with Crippen molar-refractivity contribution < 1.29 is 4.79 Å². The zero-order valence-electron chi connectivity index (χ0n) is 13.9. The lowest BCUT2D eigenvalue weighted by Gasteiger charge is -2.41. The molecule has 2 aliphatic heterocycles. The number of rotatable bonds is 2. The van der Waals surface area contributed by atoms with Crippen LogP contribution in [-0.4, -0.2) is 40.2 Å². The second kappa shape index (κ2) is 7.36. The molecule has 1 aromatic carbocycles. The zero-order valence-corrected chi connectivity index (χ0v) is 15.5. The molecule has 0 spiro atoms. The molecule has 1 saturated heterocycles. The van der Waals surface area contributed by atoms with Gasteiger partial charge < -0.3 is 10.2 Å². The minimum atomic E-state index is -0.565. The number of benzene rings is 1. The van der Waals surface area contributed by atoms with Crippen LogP contribution in [0.3, 0.4) is 0 Å². The van der Waals surface area contributed by atoms with E-state index in [0.29, 0.717) is 13.1 Å². The lowest BCUT2D eigenvalue weighted by Crippen LogP contribution is -2.56. The molecule has 0 atom stereocenters. The monoisotopic (exact) mass is 380 g/mol. The van der Waals surface area contributed by atoms with Crippen molar-refractivity contribution in [3.63, 3.8) is 0 Å². The number of hydrogen-bond acceptors (Lipinski definition) is 3. The predicted octanol–water partition coefficient (Wildman–Crippen LogP) is 2.62. The SMILES string of the molecule is Cl.O=C(N1CCc2c(Cl)cccc2C1)C1(n2cccn2)CCNCC1. The highest BCUT2D eigenvalue weighted by molar-refractivity contribution is 6.31. The Morgan fingerprint density at radius 1 is 1.24 bits per heavy atom. The van der Waals surface area contributed by atoms with Crippen molar-refractivity contribution in [2.75, 3.05) is 19.6 Å². The van der Waals surface area contributed by atoms with Crippen LogP contribution in [0.5, 0.6) is 0 Å². The molecule has 2 aliphatic rings. The second-order valence-corrected chi connectivity index (χ2v) is 6.99. The first-order chi connectivity index (χ1) is 11.7. The van der Waals surface area contributed by atoms with E-state index in [1.165, 1.54) is 5.56 Å². The van der Waals surface area contributed by atoms with Crippen LogP contribution in [0.15, 0.2) is 36.7 Å². The van der Waals surface area contributed by atoms with E-state index >= 15 is 0 Å². The van der Waals surface area contributed by atoms with Crippen molar-refractivity contribution in [3.8, 4) is 0 Å². The molecule has 4 rings (SSSR count). The second-order valence-electron chi connectivity index (χ2n) is 6.59. The Hall–Kier alpha value is -1.56. The maximum absolute atomic E-state index is 13.5. The van der Waals surface area contributed by atoms with Gasteiger partial charge in [-0.15, -0.1) is 12.4 Å². The molecule has 0 saturated carbocycles. The number of nitrogens with zero attached hydrogens (tertiary/aromatic N) is 3. The molecular formula is C18H22Cl2N4O. The van der Waals surface area contributed by atoms with E-state index in [2.05, 4.69) is 16.5 Å². The highest BCUT2D eigenvalue weighted by atomic mass is 35.5. The van der Waals surface area contributed by atoms with Gasteiger partial charge in [-0.05, 0) is 55.6 Å². The minimum Gasteiger partial charge on any atom is -0.336 e. The summed E-state index contributed by atoms with van der Waals surface area (Å²) in [5.41, 5.74) is 1.78. The number of nitrogens with one attached hydrogen (secondary N) is 1. The van der Waals surface area contributed by atoms with Crippen LogP contribution in [0.1, 0.15) is 24.0 Å². The van der Waals surface area contributed by atoms with Gasteiger partial charge in [0, 0.05) is 30.5 Å². The maximum Gasteiger partial charge on any atom is 0.250 e. The molecule has 3 heterocycles. The average Bonchev–Trinajstić information content (AvgIpc) is 3.17. The highest BCUT2D eigenvalue weighted by Crippen LogP contribution is 2.33. The topological polar surface area (TPSA) is 50.2 Å². The molecule has 134 valence electrons. The highest BCUT2D eigenvalue weighted by Gasteiger charge is 2.44. The van der Waals surface area contributed by atoms with Crippen molar-refractivity contribution in [1.82, 2.24) is 20.0 Å². The number of fused-ring (bicyclic) bond motifs is 1. The summed E-state index contributed by atoms with van der Waals surface area (Å²) in [6.45, 7) is 3.01. The first-order valence-electron chi connectivity index (χ1n) is 8.47. The van der Waals surface area contributed by atoms with Crippen molar-refractivity contribution in [1.29, 1.82) is 0 Å². The summed E-state index contributed by atoms with van der Waals surface area (Å²) in [7, 11) is 0. The Bertz CT molecular complexity index is 742. The van der Waals surface area contributed by atoms with E-state index in [1.807, 2.05) is 34.0 Å². The van der Waals surface area contributed by atoms with Gasteiger partial charge >= 0.3 is 0 Å². The third-order valence-corrected chi connectivity index (χ3v) is 5.62. The predicted molar refractivity (Wildman–Crippen MR) is 100 cm³/mol. The summed E-state index contributed by atoms with van der Waals surface area (Å²) in [6.07, 6.45) is 6.02. The van der Waals surface area contributed by atoms with Crippen molar-refractivity contribution in [2.45, 2.75) is 31.3 Å². The minimum absolute atomic E-state index is 0. The largest absolute Gasteiger partial charge is 0.336 e. The molecule has 1 N–H and O–H groups in total. The molecule has 0 aliphatic carbocycles. The number of carbonyl (C=O) groups is 1. The molecule has 0 unspecified atom stereocenters. The quantitative estimate of drug-likeness (QED) is 0.870. The molecule has 0 radical (unpaired) electrons. The van der Waals surface area contributed by atoms with Crippen molar-refractivity contribution >= 4 is 29.9 Å². The number of aromatic nitrogens is 2. The Balaban J connectivity index is 0.00000182. The van der Waals surface area contributed by atoms with E-state index < -0.39 is 5.54 Å². The summed E-state index contributed by atoms with van der Waals surface area (Å²) in [5, 5.41) is 8.57. The Kier molecular flexibility index (Phi) is 5.37. The fourth-order valence-corrected chi connectivity index (χ4v) is 4.22. The average molecular weight is 381 g/mol. The third kappa shape index (κ3) is 3.16. The van der Waals surface area contributed by atoms with Crippen LogP contribution >= 0.6 is 24.0 Å². The molecular weight excluding hydrogens is 359 g/mol. The molecule has 7 heteroatoms. The number of halogens is 2. The summed E-state index contributed by atoms with van der Waals surface area (Å²) in [6, 6.07) is 7.85. The van der Waals surface area contributed by atoms with Crippen LogP contribution in [-0.2, 0) is 23.3 Å². The van der Waals surface area contributed by atoms with Gasteiger partial charge in [-0.3, -0.25) is 9.48 Å². The van der Waals surface area contributed by atoms with E-state index in [1.54, 1.807) is 6.20 Å². The van der Waals surface area contributed by atoms with Gasteiger partial charge in [-0.25, -0.2) is 0 Å². The van der Waals surface area contributed by atoms with E-state index in [9.17, 15) is 4.79 Å². The fraction of sp³-hybridized carbons (Fsp3) is 0.444. The summed E-state index contributed by atoms with van der Waals surface area (Å²) < 4.78 is 1.86. The van der Waals surface area contributed by atoms with E-state index in [4.69, 9.17) is 11.6 Å². The van der Waals surface area contributed by atoms with Crippen LogP contribution in [0, 0.1) is 0 Å². The molecule has 0 bridgehead atoms.